The van der Waals surface area contributed by atoms with Gasteiger partial charge < -0.3 is 19.5 Å². The summed E-state index contributed by atoms with van der Waals surface area (Å²) in [6.45, 7) is 1.05. The molecule has 29 heavy (non-hydrogen) atoms. The second kappa shape index (κ2) is 8.74. The van der Waals surface area contributed by atoms with Crippen LogP contribution >= 0.6 is 11.6 Å². The van der Waals surface area contributed by atoms with Gasteiger partial charge in [0.2, 0.25) is 6.10 Å². The maximum atomic E-state index is 12.6. The predicted octanol–water partition coefficient (Wildman–Crippen LogP) is 3.61. The van der Waals surface area contributed by atoms with E-state index < -0.39 is 12.1 Å². The highest BCUT2D eigenvalue weighted by atomic mass is 35.5. The minimum atomic E-state index is -0.986. The monoisotopic (exact) mass is 415 g/mol. The second-order valence-corrected chi connectivity index (χ2v) is 7.60. The van der Waals surface area contributed by atoms with Gasteiger partial charge in [-0.25, -0.2) is 0 Å². The Hall–Kier alpha value is -2.73. The molecule has 1 aliphatic heterocycles. The van der Waals surface area contributed by atoms with Gasteiger partial charge in [-0.3, -0.25) is 9.59 Å². The van der Waals surface area contributed by atoms with E-state index in [1.165, 1.54) is 0 Å². The van der Waals surface area contributed by atoms with Crippen molar-refractivity contribution in [3.8, 4) is 11.5 Å². The number of halogens is 1. The van der Waals surface area contributed by atoms with Crippen LogP contribution in [0.3, 0.4) is 0 Å². The summed E-state index contributed by atoms with van der Waals surface area (Å²) in [5.74, 6) is 0.190. The van der Waals surface area contributed by atoms with Crippen LogP contribution in [-0.2, 0) is 20.7 Å². The number of fused-ring (bicyclic) bond motifs is 1. The van der Waals surface area contributed by atoms with Crippen LogP contribution in [0.25, 0.3) is 0 Å². The Kier molecular flexibility index (Phi) is 5.90. The Morgan fingerprint density at radius 1 is 1.14 bits per heavy atom. The smallest absolute Gasteiger partial charge is 0.311 e. The van der Waals surface area contributed by atoms with E-state index in [0.29, 0.717) is 40.9 Å². The summed E-state index contributed by atoms with van der Waals surface area (Å²) in [6.07, 6.45) is 1.65. The van der Waals surface area contributed by atoms with Crippen molar-refractivity contribution in [1.82, 2.24) is 5.32 Å². The third-order valence-corrected chi connectivity index (χ3v) is 5.00. The van der Waals surface area contributed by atoms with E-state index in [0.717, 1.165) is 19.3 Å². The molecule has 0 radical (unpaired) electrons. The number of benzene rings is 2. The van der Waals surface area contributed by atoms with Crippen molar-refractivity contribution in [3.05, 3.63) is 58.6 Å². The summed E-state index contributed by atoms with van der Waals surface area (Å²) >= 11 is 6.30. The van der Waals surface area contributed by atoms with E-state index in [1.807, 2.05) is 18.2 Å². The van der Waals surface area contributed by atoms with E-state index >= 15 is 0 Å². The topological polar surface area (TPSA) is 73.9 Å². The van der Waals surface area contributed by atoms with E-state index in [9.17, 15) is 9.59 Å². The fourth-order valence-electron chi connectivity index (χ4n) is 3.13. The van der Waals surface area contributed by atoms with Gasteiger partial charge in [-0.15, -0.1) is 0 Å². The lowest BCUT2D eigenvalue weighted by molar-refractivity contribution is -0.156. The number of nitrogens with one attached hydrogen (secondary N) is 1. The van der Waals surface area contributed by atoms with Crippen molar-refractivity contribution < 1.29 is 23.8 Å². The molecule has 2 aromatic carbocycles. The van der Waals surface area contributed by atoms with Crippen molar-refractivity contribution in [1.29, 1.82) is 0 Å². The fourth-order valence-corrected chi connectivity index (χ4v) is 3.42. The average molecular weight is 416 g/mol. The second-order valence-electron chi connectivity index (χ2n) is 7.20. The maximum absolute atomic E-state index is 12.6. The highest BCUT2D eigenvalue weighted by Gasteiger charge is 2.31. The molecule has 1 aliphatic carbocycles. The van der Waals surface area contributed by atoms with Crippen molar-refractivity contribution in [3.63, 3.8) is 0 Å². The summed E-state index contributed by atoms with van der Waals surface area (Å²) < 4.78 is 16.8. The minimum Gasteiger partial charge on any atom is -0.489 e. The van der Waals surface area contributed by atoms with Crippen LogP contribution in [0.15, 0.2) is 42.5 Å². The lowest BCUT2D eigenvalue weighted by atomic mass is 10.1. The molecule has 4 rings (SSSR count). The zero-order valence-electron chi connectivity index (χ0n) is 15.9. The highest BCUT2D eigenvalue weighted by molar-refractivity contribution is 6.32. The van der Waals surface area contributed by atoms with Crippen LogP contribution in [0.1, 0.15) is 36.5 Å². The largest absolute Gasteiger partial charge is 0.489 e. The van der Waals surface area contributed by atoms with Crippen LogP contribution in [0.4, 0.5) is 0 Å². The fraction of sp³-hybridized carbons (Fsp3) is 0.364. The molecule has 1 amide bonds. The first kappa shape index (κ1) is 19.6. The molecule has 0 aromatic heterocycles. The first-order valence-corrected chi connectivity index (χ1v) is 10.1. The Morgan fingerprint density at radius 2 is 1.90 bits per heavy atom. The summed E-state index contributed by atoms with van der Waals surface area (Å²) in [5, 5.41) is 3.29. The SMILES string of the molecule is O=C(Cc1cc(Cl)c2c(c1)OCCCO2)O[C@@H](C(=O)NC1CC1)c1ccccc1. The molecule has 1 N–H and O–H groups in total. The molecular weight excluding hydrogens is 394 g/mol. The van der Waals surface area contributed by atoms with E-state index in [-0.39, 0.29) is 18.4 Å². The molecule has 2 aromatic rings. The standard InChI is InChI=1S/C22H22ClNO5/c23-17-11-14(12-18-21(17)28-10-4-9-27-18)13-19(25)29-20(15-5-2-1-3-6-15)22(26)24-16-7-8-16/h1-3,5-6,11-12,16,20H,4,7-10,13H2,(H,24,26)/t20-/m1/s1. The number of carbonyl (C=O) groups excluding carboxylic acids is 2. The number of rotatable bonds is 6. The van der Waals surface area contributed by atoms with Crippen LogP contribution in [0, 0.1) is 0 Å². The Labute approximate surface area is 174 Å². The molecule has 1 atom stereocenters. The van der Waals surface area contributed by atoms with Gasteiger partial charge in [0.25, 0.3) is 5.91 Å². The van der Waals surface area contributed by atoms with Gasteiger partial charge in [-0.2, -0.15) is 0 Å². The van der Waals surface area contributed by atoms with E-state index in [2.05, 4.69) is 5.32 Å². The Morgan fingerprint density at radius 3 is 2.66 bits per heavy atom. The molecule has 7 heteroatoms. The number of hydrogen-bond donors (Lipinski definition) is 1. The third kappa shape index (κ3) is 5.01. The van der Waals surface area contributed by atoms with Gasteiger partial charge in [-0.1, -0.05) is 41.9 Å². The van der Waals surface area contributed by atoms with Crippen LogP contribution in [0.5, 0.6) is 11.5 Å². The predicted molar refractivity (Wildman–Crippen MR) is 107 cm³/mol. The zero-order chi connectivity index (χ0) is 20.2. The van der Waals surface area contributed by atoms with Gasteiger partial charge in [0.05, 0.1) is 24.7 Å². The molecule has 2 aliphatic rings. The summed E-state index contributed by atoms with van der Waals surface area (Å²) in [4.78, 5) is 25.3. The normalized spacial score (nSPS) is 16.4. The van der Waals surface area contributed by atoms with Crippen molar-refractivity contribution in [2.24, 2.45) is 0 Å². The molecule has 1 saturated carbocycles. The van der Waals surface area contributed by atoms with Gasteiger partial charge in [0.15, 0.2) is 11.5 Å². The Bertz CT molecular complexity index is 898. The molecule has 1 heterocycles. The molecule has 0 unspecified atom stereocenters. The Balaban J connectivity index is 1.48. The van der Waals surface area contributed by atoms with Gasteiger partial charge in [0.1, 0.15) is 0 Å². The molecular formula is C22H22ClNO5. The number of hydrogen-bond acceptors (Lipinski definition) is 5. The molecule has 1 fully saturated rings. The van der Waals surface area contributed by atoms with Crippen molar-refractivity contribution in [2.75, 3.05) is 13.2 Å². The maximum Gasteiger partial charge on any atom is 0.311 e. The van der Waals surface area contributed by atoms with Crippen molar-refractivity contribution >= 4 is 23.5 Å². The molecule has 152 valence electrons. The molecule has 0 bridgehead atoms. The zero-order valence-corrected chi connectivity index (χ0v) is 16.6. The average Bonchev–Trinajstić information content (AvgIpc) is 3.53. The summed E-state index contributed by atoms with van der Waals surface area (Å²) in [5.41, 5.74) is 1.27. The van der Waals surface area contributed by atoms with Crippen LogP contribution < -0.4 is 14.8 Å². The number of esters is 1. The number of ether oxygens (including phenoxy) is 3. The first-order chi connectivity index (χ1) is 14.1. The van der Waals surface area contributed by atoms with E-state index in [1.54, 1.807) is 24.3 Å². The quantitative estimate of drug-likeness (QED) is 0.729. The van der Waals surface area contributed by atoms with Gasteiger partial charge >= 0.3 is 5.97 Å². The molecule has 6 nitrogen and oxygen atoms in total. The highest BCUT2D eigenvalue weighted by Crippen LogP contribution is 2.38. The lowest BCUT2D eigenvalue weighted by Crippen LogP contribution is -2.33. The summed E-state index contributed by atoms with van der Waals surface area (Å²) in [7, 11) is 0. The van der Waals surface area contributed by atoms with Crippen molar-refractivity contribution in [2.45, 2.75) is 37.8 Å². The molecule has 0 saturated heterocycles. The van der Waals surface area contributed by atoms with Gasteiger partial charge in [0, 0.05) is 18.0 Å². The lowest BCUT2D eigenvalue weighted by Gasteiger charge is -2.18. The minimum absolute atomic E-state index is 0.0313. The molecule has 0 spiro atoms. The van der Waals surface area contributed by atoms with Gasteiger partial charge in [-0.05, 0) is 30.5 Å². The van der Waals surface area contributed by atoms with Crippen LogP contribution in [-0.4, -0.2) is 31.1 Å². The number of amides is 1. The first-order valence-electron chi connectivity index (χ1n) is 9.73. The summed E-state index contributed by atoms with van der Waals surface area (Å²) in [6, 6.07) is 12.6. The van der Waals surface area contributed by atoms with Crippen LogP contribution in [0.2, 0.25) is 5.02 Å². The number of carbonyl (C=O) groups is 2. The van der Waals surface area contributed by atoms with E-state index in [4.69, 9.17) is 25.8 Å². The third-order valence-electron chi connectivity index (χ3n) is 4.72.